The lowest BCUT2D eigenvalue weighted by Gasteiger charge is -2.35. The van der Waals surface area contributed by atoms with E-state index in [4.69, 9.17) is 30.1 Å². The molecule has 16 nitrogen and oxygen atoms in total. The van der Waals surface area contributed by atoms with Gasteiger partial charge in [-0.25, -0.2) is 0 Å². The number of aliphatic hydroxyl groups is 4. The summed E-state index contributed by atoms with van der Waals surface area (Å²) in [5.41, 5.74) is 9.23. The van der Waals surface area contributed by atoms with Crippen LogP contribution in [-0.2, 0) is 17.9 Å². The van der Waals surface area contributed by atoms with Crippen molar-refractivity contribution in [2.24, 2.45) is 0 Å². The van der Waals surface area contributed by atoms with Gasteiger partial charge in [-0.05, 0) is 144 Å². The molecule has 2 heterocycles. The molecule has 1 amide bonds. The van der Waals surface area contributed by atoms with Crippen LogP contribution in [0.15, 0.2) is 69.7 Å². The summed E-state index contributed by atoms with van der Waals surface area (Å²) >= 11 is 6.78. The van der Waals surface area contributed by atoms with Gasteiger partial charge in [0, 0.05) is 35.3 Å². The molecule has 4 N–H and O–H groups in total. The molecule has 4 aromatic carbocycles. The summed E-state index contributed by atoms with van der Waals surface area (Å²) in [6, 6.07) is 19.1. The first-order valence-electron chi connectivity index (χ1n) is 21.3. The SMILES string of the molecule is CCN(C)Cc1cc(C)cc(-c2nc(-c3cc(C)c(O[C@@H](C(O)CO)N(C[C@H](O)COc4c(C)cc(-c5noc(-c6ccc(CN(C)C)c(C)c6)n5)cc4C)C(=O)CO)c(Cl)c3)no2)c1. The van der Waals surface area contributed by atoms with Gasteiger partial charge in [-0.15, -0.1) is 0 Å². The minimum atomic E-state index is -1.67. The second-order valence-corrected chi connectivity index (χ2v) is 17.1. The van der Waals surface area contributed by atoms with Crippen LogP contribution in [0.25, 0.3) is 45.7 Å². The molecule has 17 heteroatoms. The molecule has 0 aliphatic rings. The van der Waals surface area contributed by atoms with E-state index >= 15 is 0 Å². The number of benzene rings is 4. The summed E-state index contributed by atoms with van der Waals surface area (Å²) in [6.07, 6.45) is -4.59. The molecule has 0 radical (unpaired) electrons. The zero-order chi connectivity index (χ0) is 47.1. The molecular weight excluding hydrogens is 854 g/mol. The van der Waals surface area contributed by atoms with Crippen molar-refractivity contribution in [1.82, 2.24) is 35.0 Å². The molecule has 346 valence electrons. The number of halogens is 1. The second-order valence-electron chi connectivity index (χ2n) is 16.7. The van der Waals surface area contributed by atoms with Crippen LogP contribution in [0, 0.1) is 34.6 Å². The number of hydrogen-bond acceptors (Lipinski definition) is 15. The minimum Gasteiger partial charge on any atom is -0.490 e. The Bertz CT molecular complexity index is 2550. The third kappa shape index (κ3) is 12.0. The number of hydrogen-bond donors (Lipinski definition) is 4. The van der Waals surface area contributed by atoms with Gasteiger partial charge >= 0.3 is 0 Å². The Morgan fingerprint density at radius 2 is 1.35 bits per heavy atom. The van der Waals surface area contributed by atoms with Crippen LogP contribution in [0.5, 0.6) is 11.5 Å². The third-order valence-electron chi connectivity index (χ3n) is 10.9. The maximum Gasteiger partial charge on any atom is 0.258 e. The number of aliphatic hydroxyl groups excluding tert-OH is 4. The maximum absolute atomic E-state index is 13.2. The highest BCUT2D eigenvalue weighted by Crippen LogP contribution is 2.36. The van der Waals surface area contributed by atoms with Crippen molar-refractivity contribution in [3.05, 3.63) is 105 Å². The fourth-order valence-electron chi connectivity index (χ4n) is 7.54. The Balaban J connectivity index is 1.15. The molecule has 0 saturated heterocycles. The summed E-state index contributed by atoms with van der Waals surface area (Å²) in [7, 11) is 6.10. The standard InChI is InChI=1S/C48H58ClN7O9/c1-10-55(9)21-32-13-27(2)14-37(19-32)47-51-45(53-65-47)36-18-31(6)43(39(49)20-36)63-48(40(60)24-57)56(41(61)25-58)23-38(59)26-62-42-29(4)16-35(17-30(42)5)44-50-46(64-52-44)33-11-12-34(22-54(7)8)28(3)15-33/h11-20,38,40,48,57-60H,10,21-26H2,1-9H3/t38-,40?,48-/m0/s1. The Morgan fingerprint density at radius 3 is 1.92 bits per heavy atom. The number of ether oxygens (including phenoxy) is 2. The van der Waals surface area contributed by atoms with Gasteiger partial charge in [0.05, 0.1) is 18.2 Å². The van der Waals surface area contributed by atoms with Gasteiger partial charge in [-0.2, -0.15) is 9.97 Å². The van der Waals surface area contributed by atoms with Crippen molar-refractivity contribution >= 4 is 17.5 Å². The molecular formula is C48H58ClN7O9. The zero-order valence-corrected chi connectivity index (χ0v) is 39.0. The molecule has 3 atom stereocenters. The van der Waals surface area contributed by atoms with Crippen molar-refractivity contribution in [3.8, 4) is 57.2 Å². The number of carbonyl (C=O) groups is 1. The molecule has 0 fully saturated rings. The van der Waals surface area contributed by atoms with Crippen LogP contribution in [0.1, 0.15) is 45.9 Å². The van der Waals surface area contributed by atoms with Crippen LogP contribution in [0.4, 0.5) is 0 Å². The Kier molecular flexibility index (Phi) is 16.1. The van der Waals surface area contributed by atoms with Crippen molar-refractivity contribution in [2.75, 3.05) is 54.1 Å². The fourth-order valence-corrected chi connectivity index (χ4v) is 7.85. The molecule has 2 aromatic heterocycles. The van der Waals surface area contributed by atoms with Gasteiger partial charge in [0.15, 0.2) is 0 Å². The van der Waals surface area contributed by atoms with E-state index < -0.39 is 44.1 Å². The Hall–Kier alpha value is -5.72. The van der Waals surface area contributed by atoms with E-state index in [9.17, 15) is 25.2 Å². The van der Waals surface area contributed by atoms with E-state index in [0.717, 1.165) is 63.5 Å². The van der Waals surface area contributed by atoms with Crippen molar-refractivity contribution in [1.29, 1.82) is 0 Å². The van der Waals surface area contributed by atoms with Crippen molar-refractivity contribution in [3.63, 3.8) is 0 Å². The fraction of sp³-hybridized carbons (Fsp3) is 0.396. The molecule has 1 unspecified atom stereocenters. The molecule has 65 heavy (non-hydrogen) atoms. The van der Waals surface area contributed by atoms with E-state index in [1.807, 2.05) is 78.3 Å². The molecule has 0 bridgehead atoms. The lowest BCUT2D eigenvalue weighted by molar-refractivity contribution is -0.156. The van der Waals surface area contributed by atoms with Gasteiger partial charge in [0.25, 0.3) is 17.7 Å². The molecule has 6 aromatic rings. The predicted octanol–water partition coefficient (Wildman–Crippen LogP) is 6.15. The van der Waals surface area contributed by atoms with Crippen molar-refractivity contribution in [2.45, 2.75) is 73.1 Å². The van der Waals surface area contributed by atoms with Gasteiger partial charge in [-0.1, -0.05) is 46.5 Å². The van der Waals surface area contributed by atoms with Gasteiger partial charge in [0.2, 0.25) is 17.9 Å². The van der Waals surface area contributed by atoms with E-state index in [1.54, 1.807) is 19.1 Å². The van der Waals surface area contributed by atoms with Crippen LogP contribution in [0.2, 0.25) is 5.02 Å². The average Bonchev–Trinajstić information content (AvgIpc) is 3.97. The van der Waals surface area contributed by atoms with Crippen LogP contribution < -0.4 is 9.47 Å². The highest BCUT2D eigenvalue weighted by Gasteiger charge is 2.34. The number of rotatable bonds is 20. The number of carbonyl (C=O) groups excluding carboxylic acids is 1. The molecule has 0 saturated carbocycles. The first-order chi connectivity index (χ1) is 31.0. The first kappa shape index (κ1) is 48.7. The van der Waals surface area contributed by atoms with E-state index in [1.165, 1.54) is 5.56 Å². The molecule has 0 spiro atoms. The summed E-state index contributed by atoms with van der Waals surface area (Å²) < 4.78 is 23.6. The normalized spacial score (nSPS) is 13.0. The quantitative estimate of drug-likeness (QED) is 0.0635. The zero-order valence-electron chi connectivity index (χ0n) is 38.3. The number of aryl methyl sites for hydroxylation is 5. The number of amides is 1. The lowest BCUT2D eigenvalue weighted by Crippen LogP contribution is -2.55. The minimum absolute atomic E-state index is 0.0783. The number of nitrogens with zero attached hydrogens (tertiary/aromatic N) is 7. The van der Waals surface area contributed by atoms with Gasteiger partial charge < -0.3 is 53.6 Å². The monoisotopic (exact) mass is 911 g/mol. The Labute approximate surface area is 384 Å². The van der Waals surface area contributed by atoms with E-state index in [0.29, 0.717) is 40.0 Å². The van der Waals surface area contributed by atoms with Gasteiger partial charge in [-0.3, -0.25) is 4.79 Å². The molecule has 0 aliphatic heterocycles. The number of aromatic nitrogens is 4. The van der Waals surface area contributed by atoms with Crippen LogP contribution in [0.3, 0.4) is 0 Å². The first-order valence-corrected chi connectivity index (χ1v) is 21.7. The van der Waals surface area contributed by atoms with E-state index in [-0.39, 0.29) is 23.2 Å². The smallest absolute Gasteiger partial charge is 0.258 e. The largest absolute Gasteiger partial charge is 0.490 e. The maximum atomic E-state index is 13.2. The third-order valence-corrected chi connectivity index (χ3v) is 11.1. The summed E-state index contributed by atoms with van der Waals surface area (Å²) in [4.78, 5) is 27.7. The van der Waals surface area contributed by atoms with Crippen LogP contribution >= 0.6 is 11.6 Å². The van der Waals surface area contributed by atoms with Crippen molar-refractivity contribution < 1.29 is 43.7 Å². The summed E-state index contributed by atoms with van der Waals surface area (Å²) in [5.74, 6) is 1.08. The van der Waals surface area contributed by atoms with E-state index in [2.05, 4.69) is 56.1 Å². The average molecular weight is 912 g/mol. The summed E-state index contributed by atoms with van der Waals surface area (Å²) in [5, 5.41) is 50.8. The molecule has 0 aliphatic carbocycles. The predicted molar refractivity (Wildman–Crippen MR) is 246 cm³/mol. The summed E-state index contributed by atoms with van der Waals surface area (Å²) in [6.45, 7) is 11.5. The topological polar surface area (TPSA) is 204 Å². The van der Waals surface area contributed by atoms with Crippen LogP contribution in [-0.4, -0.2) is 134 Å². The lowest BCUT2D eigenvalue weighted by atomic mass is 10.0. The molecule has 6 rings (SSSR count). The highest BCUT2D eigenvalue weighted by atomic mass is 35.5. The Morgan fingerprint density at radius 1 is 0.754 bits per heavy atom. The second kappa shape index (κ2) is 21.5. The van der Waals surface area contributed by atoms with Gasteiger partial charge in [0.1, 0.15) is 36.9 Å². The highest BCUT2D eigenvalue weighted by molar-refractivity contribution is 6.32.